The molecule has 0 aliphatic carbocycles. The normalized spacial score (nSPS) is 14.3. The monoisotopic (exact) mass is 248 g/mol. The Morgan fingerprint density at radius 2 is 1.72 bits per heavy atom. The topological polar surface area (TPSA) is 15.3 Å². The van der Waals surface area contributed by atoms with Gasteiger partial charge < -0.3 is 10.2 Å². The first kappa shape index (κ1) is 15.0. The van der Waals surface area contributed by atoms with Gasteiger partial charge in [-0.15, -0.1) is 0 Å². The zero-order valence-corrected chi connectivity index (χ0v) is 12.5. The van der Waals surface area contributed by atoms with Gasteiger partial charge in [0.1, 0.15) is 0 Å². The Labute approximate surface area is 112 Å². The first-order valence-corrected chi connectivity index (χ1v) is 7.10. The van der Waals surface area contributed by atoms with Gasteiger partial charge in [0.05, 0.1) is 0 Å². The smallest absolute Gasteiger partial charge is 0.0361 e. The maximum atomic E-state index is 3.61. The van der Waals surface area contributed by atoms with Crippen molar-refractivity contribution in [3.8, 4) is 0 Å². The lowest BCUT2D eigenvalue weighted by molar-refractivity contribution is 0.430. The fourth-order valence-corrected chi connectivity index (χ4v) is 2.41. The highest BCUT2D eigenvalue weighted by molar-refractivity contribution is 5.46. The van der Waals surface area contributed by atoms with E-state index in [4.69, 9.17) is 0 Å². The summed E-state index contributed by atoms with van der Waals surface area (Å²) in [4.78, 5) is 2.14. The van der Waals surface area contributed by atoms with Crippen LogP contribution in [0.4, 0.5) is 5.69 Å². The summed E-state index contributed by atoms with van der Waals surface area (Å²) < 4.78 is 0. The zero-order valence-electron chi connectivity index (χ0n) is 12.5. The molecule has 0 saturated carbocycles. The van der Waals surface area contributed by atoms with Crippen molar-refractivity contribution in [2.24, 2.45) is 0 Å². The third-order valence-corrected chi connectivity index (χ3v) is 3.60. The molecule has 0 heterocycles. The molecule has 1 N–H and O–H groups in total. The predicted molar refractivity (Wildman–Crippen MR) is 81.6 cm³/mol. The van der Waals surface area contributed by atoms with Crippen molar-refractivity contribution in [3.05, 3.63) is 29.8 Å². The quantitative estimate of drug-likeness (QED) is 0.792. The van der Waals surface area contributed by atoms with E-state index in [1.54, 1.807) is 0 Å². The molecule has 0 aromatic heterocycles. The standard InChI is InChI=1S/C16H28N2/c1-6-8-16(17-7-2)13(3)14-9-11-15(12-10-14)18(4)5/h9-13,16-17H,6-8H2,1-5H3. The molecule has 1 rings (SSSR count). The second-order valence-corrected chi connectivity index (χ2v) is 5.23. The fraction of sp³-hybridized carbons (Fsp3) is 0.625. The number of nitrogens with zero attached hydrogens (tertiary/aromatic N) is 1. The van der Waals surface area contributed by atoms with Gasteiger partial charge in [0.2, 0.25) is 0 Å². The van der Waals surface area contributed by atoms with Crippen LogP contribution in [0.2, 0.25) is 0 Å². The molecular formula is C16H28N2. The first-order valence-electron chi connectivity index (χ1n) is 7.10. The Hall–Kier alpha value is -1.02. The van der Waals surface area contributed by atoms with Crippen LogP contribution in [0.15, 0.2) is 24.3 Å². The summed E-state index contributed by atoms with van der Waals surface area (Å²) in [6.45, 7) is 7.81. The van der Waals surface area contributed by atoms with Gasteiger partial charge in [-0.1, -0.05) is 39.3 Å². The summed E-state index contributed by atoms with van der Waals surface area (Å²) in [5, 5.41) is 3.61. The summed E-state index contributed by atoms with van der Waals surface area (Å²) >= 11 is 0. The largest absolute Gasteiger partial charge is 0.378 e. The third-order valence-electron chi connectivity index (χ3n) is 3.60. The summed E-state index contributed by atoms with van der Waals surface area (Å²) in [6.07, 6.45) is 2.47. The second kappa shape index (κ2) is 7.42. The van der Waals surface area contributed by atoms with Crippen LogP contribution >= 0.6 is 0 Å². The second-order valence-electron chi connectivity index (χ2n) is 5.23. The summed E-state index contributed by atoms with van der Waals surface area (Å²) in [7, 11) is 4.16. The van der Waals surface area contributed by atoms with Gasteiger partial charge in [0.15, 0.2) is 0 Å². The van der Waals surface area contributed by atoms with Crippen LogP contribution < -0.4 is 10.2 Å². The van der Waals surface area contributed by atoms with E-state index in [-0.39, 0.29) is 0 Å². The molecule has 102 valence electrons. The number of nitrogens with one attached hydrogen (secondary N) is 1. The fourth-order valence-electron chi connectivity index (χ4n) is 2.41. The molecule has 2 unspecified atom stereocenters. The van der Waals surface area contributed by atoms with Crippen LogP contribution in [0.25, 0.3) is 0 Å². The lowest BCUT2D eigenvalue weighted by atomic mass is 9.90. The van der Waals surface area contributed by atoms with E-state index in [9.17, 15) is 0 Å². The SMILES string of the molecule is CCCC(NCC)C(C)c1ccc(N(C)C)cc1. The number of hydrogen-bond donors (Lipinski definition) is 1. The maximum absolute atomic E-state index is 3.61. The highest BCUT2D eigenvalue weighted by Crippen LogP contribution is 2.24. The maximum Gasteiger partial charge on any atom is 0.0361 e. The molecule has 0 saturated heterocycles. The number of benzene rings is 1. The molecule has 0 amide bonds. The van der Waals surface area contributed by atoms with Crippen LogP contribution in [0, 0.1) is 0 Å². The lowest BCUT2D eigenvalue weighted by Crippen LogP contribution is -2.33. The Morgan fingerprint density at radius 1 is 1.11 bits per heavy atom. The molecule has 18 heavy (non-hydrogen) atoms. The minimum Gasteiger partial charge on any atom is -0.378 e. The molecule has 0 radical (unpaired) electrons. The van der Waals surface area contributed by atoms with Crippen LogP contribution in [0.1, 0.15) is 45.1 Å². The third kappa shape index (κ3) is 4.02. The number of likely N-dealkylation sites (N-methyl/N-ethyl adjacent to an activating group) is 1. The number of anilines is 1. The van der Waals surface area contributed by atoms with Crippen molar-refractivity contribution in [1.82, 2.24) is 5.32 Å². The lowest BCUT2D eigenvalue weighted by Gasteiger charge is -2.25. The van der Waals surface area contributed by atoms with Crippen LogP contribution in [-0.2, 0) is 0 Å². The summed E-state index contributed by atoms with van der Waals surface area (Å²) in [5.41, 5.74) is 2.70. The average Bonchev–Trinajstić information content (AvgIpc) is 2.38. The molecular weight excluding hydrogens is 220 g/mol. The molecule has 0 spiro atoms. The van der Waals surface area contributed by atoms with Gasteiger partial charge >= 0.3 is 0 Å². The van der Waals surface area contributed by atoms with Crippen LogP contribution in [-0.4, -0.2) is 26.7 Å². The highest BCUT2D eigenvalue weighted by Gasteiger charge is 2.16. The van der Waals surface area contributed by atoms with Crippen LogP contribution in [0.5, 0.6) is 0 Å². The van der Waals surface area contributed by atoms with Gasteiger partial charge in [-0.25, -0.2) is 0 Å². The van der Waals surface area contributed by atoms with E-state index in [2.05, 4.69) is 69.3 Å². The van der Waals surface area contributed by atoms with Crippen molar-refractivity contribution in [3.63, 3.8) is 0 Å². The molecule has 0 aliphatic rings. The molecule has 2 atom stereocenters. The Bertz CT molecular complexity index is 323. The van der Waals surface area contributed by atoms with Gasteiger partial charge in [-0.2, -0.15) is 0 Å². The minimum absolute atomic E-state index is 0.570. The van der Waals surface area contributed by atoms with Gasteiger partial charge in [-0.3, -0.25) is 0 Å². The van der Waals surface area contributed by atoms with Crippen LogP contribution in [0.3, 0.4) is 0 Å². The molecule has 0 fully saturated rings. The Kier molecular flexibility index (Phi) is 6.20. The van der Waals surface area contributed by atoms with E-state index >= 15 is 0 Å². The van der Waals surface area contributed by atoms with Crippen molar-refractivity contribution in [1.29, 1.82) is 0 Å². The number of rotatable bonds is 7. The van der Waals surface area contributed by atoms with Crippen molar-refractivity contribution in [2.45, 2.75) is 45.6 Å². The highest BCUT2D eigenvalue weighted by atomic mass is 15.1. The number of hydrogen-bond acceptors (Lipinski definition) is 2. The Morgan fingerprint density at radius 3 is 2.17 bits per heavy atom. The van der Waals surface area contributed by atoms with E-state index in [1.807, 2.05) is 0 Å². The molecule has 0 aliphatic heterocycles. The van der Waals surface area contributed by atoms with E-state index in [0.717, 1.165) is 6.54 Å². The molecule has 1 aromatic rings. The van der Waals surface area contributed by atoms with Crippen molar-refractivity contribution in [2.75, 3.05) is 25.5 Å². The van der Waals surface area contributed by atoms with Gasteiger partial charge in [0, 0.05) is 25.8 Å². The van der Waals surface area contributed by atoms with Gasteiger partial charge in [-0.05, 0) is 36.6 Å². The summed E-state index contributed by atoms with van der Waals surface area (Å²) in [6, 6.07) is 9.53. The van der Waals surface area contributed by atoms with E-state index in [0.29, 0.717) is 12.0 Å². The average molecular weight is 248 g/mol. The molecule has 2 heteroatoms. The van der Waals surface area contributed by atoms with E-state index < -0.39 is 0 Å². The molecule has 0 bridgehead atoms. The predicted octanol–water partition coefficient (Wildman–Crippen LogP) is 3.63. The molecule has 2 nitrogen and oxygen atoms in total. The first-order chi connectivity index (χ1) is 8.60. The molecule has 1 aromatic carbocycles. The summed E-state index contributed by atoms with van der Waals surface area (Å²) in [5.74, 6) is 0.570. The minimum atomic E-state index is 0.570. The van der Waals surface area contributed by atoms with E-state index in [1.165, 1.54) is 24.1 Å². The van der Waals surface area contributed by atoms with Crippen molar-refractivity contribution >= 4 is 5.69 Å². The van der Waals surface area contributed by atoms with Gasteiger partial charge in [0.25, 0.3) is 0 Å². The Balaban J connectivity index is 2.77. The zero-order chi connectivity index (χ0) is 13.5. The van der Waals surface area contributed by atoms with Crippen molar-refractivity contribution < 1.29 is 0 Å².